The van der Waals surface area contributed by atoms with Crippen LogP contribution < -0.4 is 0 Å². The first kappa shape index (κ1) is 13.5. The number of rotatable bonds is 4. The molecule has 0 aliphatic carbocycles. The minimum atomic E-state index is -0.262. The first-order valence-electron chi connectivity index (χ1n) is 6.29. The lowest BCUT2D eigenvalue weighted by Crippen LogP contribution is -2.09. The molecule has 0 saturated heterocycles. The van der Waals surface area contributed by atoms with Crippen LogP contribution >= 0.6 is 22.9 Å². The molecular formula is C14H13ClFN3S. The average Bonchev–Trinajstić information content (AvgIpc) is 3.07. The van der Waals surface area contributed by atoms with Gasteiger partial charge in [-0.2, -0.15) is 0 Å². The number of hydrogen-bond donors (Lipinski definition) is 0. The molecule has 0 N–H and O–H groups in total. The quantitative estimate of drug-likeness (QED) is 0.677. The molecule has 0 spiro atoms. The lowest BCUT2D eigenvalue weighted by Gasteiger charge is -2.12. The molecule has 20 heavy (non-hydrogen) atoms. The van der Waals surface area contributed by atoms with E-state index in [1.165, 1.54) is 12.1 Å². The third-order valence-electron chi connectivity index (χ3n) is 3.24. The number of hydrogen-bond acceptors (Lipinski definition) is 3. The topological polar surface area (TPSA) is 30.7 Å². The fraction of sp³-hybridized carbons (Fsp3) is 0.286. The van der Waals surface area contributed by atoms with Crippen molar-refractivity contribution in [2.75, 3.05) is 0 Å². The standard InChI is InChI=1S/C14H13ClFN3S/c1-9(14-17-4-5-20-14)8-19-12-6-10(16)2-3-11(12)18-13(19)7-15/h2-6,9H,7-8H2,1H3. The summed E-state index contributed by atoms with van der Waals surface area (Å²) >= 11 is 7.58. The van der Waals surface area contributed by atoms with Gasteiger partial charge < -0.3 is 4.57 Å². The predicted molar refractivity (Wildman–Crippen MR) is 79.8 cm³/mol. The number of thiazole rings is 1. The van der Waals surface area contributed by atoms with E-state index in [4.69, 9.17) is 11.6 Å². The van der Waals surface area contributed by atoms with Crippen LogP contribution in [0.5, 0.6) is 0 Å². The van der Waals surface area contributed by atoms with Crippen LogP contribution in [0.4, 0.5) is 4.39 Å². The van der Waals surface area contributed by atoms with Gasteiger partial charge in [-0.05, 0) is 18.2 Å². The molecule has 0 amide bonds. The third kappa shape index (κ3) is 2.43. The zero-order chi connectivity index (χ0) is 14.1. The molecule has 2 heterocycles. The number of alkyl halides is 1. The van der Waals surface area contributed by atoms with Crippen LogP contribution in [0.3, 0.4) is 0 Å². The summed E-state index contributed by atoms with van der Waals surface area (Å²) in [5.41, 5.74) is 1.55. The van der Waals surface area contributed by atoms with Crippen molar-refractivity contribution < 1.29 is 4.39 Å². The summed E-state index contributed by atoms with van der Waals surface area (Å²) < 4.78 is 15.4. The maximum absolute atomic E-state index is 13.5. The van der Waals surface area contributed by atoms with E-state index in [0.29, 0.717) is 12.4 Å². The summed E-state index contributed by atoms with van der Waals surface area (Å²) in [6, 6.07) is 4.61. The number of aromatic nitrogens is 3. The van der Waals surface area contributed by atoms with E-state index in [1.807, 2.05) is 9.95 Å². The lowest BCUT2D eigenvalue weighted by atomic mass is 10.2. The van der Waals surface area contributed by atoms with E-state index < -0.39 is 0 Å². The monoisotopic (exact) mass is 309 g/mol. The first-order chi connectivity index (χ1) is 9.69. The van der Waals surface area contributed by atoms with E-state index in [1.54, 1.807) is 23.6 Å². The van der Waals surface area contributed by atoms with Gasteiger partial charge in [0.05, 0.1) is 21.9 Å². The molecule has 2 aromatic heterocycles. The summed E-state index contributed by atoms with van der Waals surface area (Å²) in [4.78, 5) is 8.78. The summed E-state index contributed by atoms with van der Waals surface area (Å²) in [5.74, 6) is 1.04. The molecule has 1 unspecified atom stereocenters. The minimum absolute atomic E-state index is 0.234. The molecule has 0 aliphatic rings. The number of imidazole rings is 1. The average molecular weight is 310 g/mol. The Morgan fingerprint density at radius 2 is 2.30 bits per heavy atom. The van der Waals surface area contributed by atoms with Gasteiger partial charge in [0, 0.05) is 24.0 Å². The fourth-order valence-corrected chi connectivity index (χ4v) is 3.18. The molecule has 3 aromatic rings. The summed E-state index contributed by atoms with van der Waals surface area (Å²) in [5, 5.41) is 3.02. The number of benzene rings is 1. The van der Waals surface area contributed by atoms with Crippen LogP contribution in [-0.2, 0) is 12.4 Å². The van der Waals surface area contributed by atoms with E-state index in [2.05, 4.69) is 16.9 Å². The summed E-state index contributed by atoms with van der Waals surface area (Å²) in [6.45, 7) is 2.79. The Balaban J connectivity index is 2.03. The minimum Gasteiger partial charge on any atom is -0.326 e. The second-order valence-corrected chi connectivity index (χ2v) is 5.87. The zero-order valence-corrected chi connectivity index (χ0v) is 12.5. The molecular weight excluding hydrogens is 297 g/mol. The highest BCUT2D eigenvalue weighted by molar-refractivity contribution is 7.09. The zero-order valence-electron chi connectivity index (χ0n) is 10.9. The van der Waals surface area contributed by atoms with Crippen molar-refractivity contribution in [2.45, 2.75) is 25.3 Å². The Bertz CT molecular complexity index is 723. The van der Waals surface area contributed by atoms with Crippen LogP contribution in [0.25, 0.3) is 11.0 Å². The largest absolute Gasteiger partial charge is 0.326 e. The molecule has 0 radical (unpaired) electrons. The van der Waals surface area contributed by atoms with Gasteiger partial charge in [-0.3, -0.25) is 0 Å². The summed E-state index contributed by atoms with van der Waals surface area (Å²) in [7, 11) is 0. The molecule has 104 valence electrons. The van der Waals surface area contributed by atoms with Crippen molar-refractivity contribution in [2.24, 2.45) is 0 Å². The molecule has 0 fully saturated rings. The van der Waals surface area contributed by atoms with Crippen LogP contribution in [0, 0.1) is 5.82 Å². The van der Waals surface area contributed by atoms with Gasteiger partial charge in [-0.1, -0.05) is 6.92 Å². The Hall–Kier alpha value is -1.46. The predicted octanol–water partition coefficient (Wildman–Crippen LogP) is 4.17. The van der Waals surface area contributed by atoms with Crippen LogP contribution in [0.1, 0.15) is 23.7 Å². The van der Waals surface area contributed by atoms with Gasteiger partial charge in [-0.15, -0.1) is 22.9 Å². The third-order valence-corrected chi connectivity index (χ3v) is 4.48. The molecule has 1 aromatic carbocycles. The highest BCUT2D eigenvalue weighted by Crippen LogP contribution is 2.25. The van der Waals surface area contributed by atoms with E-state index in [9.17, 15) is 4.39 Å². The summed E-state index contributed by atoms with van der Waals surface area (Å²) in [6.07, 6.45) is 1.80. The maximum Gasteiger partial charge on any atom is 0.125 e. The Morgan fingerprint density at radius 3 is 3.00 bits per heavy atom. The Morgan fingerprint density at radius 1 is 1.45 bits per heavy atom. The molecule has 0 saturated carbocycles. The van der Waals surface area contributed by atoms with Crippen molar-refractivity contribution in [3.63, 3.8) is 0 Å². The second kappa shape index (κ2) is 5.50. The molecule has 3 rings (SSSR count). The first-order valence-corrected chi connectivity index (χ1v) is 7.70. The highest BCUT2D eigenvalue weighted by Gasteiger charge is 2.15. The molecule has 1 atom stereocenters. The van der Waals surface area contributed by atoms with Crippen molar-refractivity contribution >= 4 is 34.0 Å². The van der Waals surface area contributed by atoms with Gasteiger partial charge in [0.25, 0.3) is 0 Å². The van der Waals surface area contributed by atoms with Gasteiger partial charge in [0.2, 0.25) is 0 Å². The van der Waals surface area contributed by atoms with Gasteiger partial charge in [0.1, 0.15) is 11.6 Å². The van der Waals surface area contributed by atoms with Crippen molar-refractivity contribution in [3.05, 3.63) is 46.4 Å². The van der Waals surface area contributed by atoms with Gasteiger partial charge >= 0.3 is 0 Å². The maximum atomic E-state index is 13.5. The number of nitrogens with zero attached hydrogens (tertiary/aromatic N) is 3. The Kier molecular flexibility index (Phi) is 3.72. The Labute approximate surface area is 125 Å². The van der Waals surface area contributed by atoms with E-state index in [0.717, 1.165) is 21.9 Å². The van der Waals surface area contributed by atoms with Crippen LogP contribution in [0.2, 0.25) is 0 Å². The SMILES string of the molecule is CC(Cn1c(CCl)nc2ccc(F)cc21)c1nccs1. The highest BCUT2D eigenvalue weighted by atomic mass is 35.5. The lowest BCUT2D eigenvalue weighted by molar-refractivity contribution is 0.589. The van der Waals surface area contributed by atoms with Gasteiger partial charge in [0.15, 0.2) is 0 Å². The number of fused-ring (bicyclic) bond motifs is 1. The van der Waals surface area contributed by atoms with E-state index in [-0.39, 0.29) is 11.7 Å². The van der Waals surface area contributed by atoms with Crippen LogP contribution in [0.15, 0.2) is 29.8 Å². The molecule has 0 aliphatic heterocycles. The van der Waals surface area contributed by atoms with Crippen molar-refractivity contribution in [1.82, 2.24) is 14.5 Å². The van der Waals surface area contributed by atoms with E-state index >= 15 is 0 Å². The molecule has 6 heteroatoms. The normalized spacial score (nSPS) is 12.9. The fourth-order valence-electron chi connectivity index (χ4n) is 2.28. The van der Waals surface area contributed by atoms with Gasteiger partial charge in [-0.25, -0.2) is 14.4 Å². The van der Waals surface area contributed by atoms with Crippen molar-refractivity contribution in [1.29, 1.82) is 0 Å². The number of halogens is 2. The molecule has 0 bridgehead atoms. The van der Waals surface area contributed by atoms with Crippen molar-refractivity contribution in [3.8, 4) is 0 Å². The van der Waals surface area contributed by atoms with Crippen LogP contribution in [-0.4, -0.2) is 14.5 Å². The smallest absolute Gasteiger partial charge is 0.125 e. The molecule has 3 nitrogen and oxygen atoms in total. The second-order valence-electron chi connectivity index (χ2n) is 4.68.